The second-order valence-electron chi connectivity index (χ2n) is 15.3. The van der Waals surface area contributed by atoms with Crippen LogP contribution in [0.15, 0.2) is 0 Å². The Bertz CT molecular complexity index is 1500. The summed E-state index contributed by atoms with van der Waals surface area (Å²) in [6.07, 6.45) is 3.17. The van der Waals surface area contributed by atoms with Crippen molar-refractivity contribution in [3.8, 4) is 0 Å². The molecular weight excluding hydrogens is 802 g/mol. The highest BCUT2D eigenvalue weighted by atomic mass is 16.4. The molecule has 1 aliphatic rings. The summed E-state index contributed by atoms with van der Waals surface area (Å²) in [5.74, 6) is -8.06. The van der Waals surface area contributed by atoms with Gasteiger partial charge in [0, 0.05) is 6.54 Å². The molecule has 0 unspecified atom stereocenters. The van der Waals surface area contributed by atoms with E-state index in [0.717, 1.165) is 0 Å². The Kier molecular flexibility index (Phi) is 24.6. The summed E-state index contributed by atoms with van der Waals surface area (Å²) in [5.41, 5.74) is 17.0. The molecule has 1 rings (SSSR count). The van der Waals surface area contributed by atoms with E-state index < -0.39 is 127 Å². The third-order valence-electron chi connectivity index (χ3n) is 10.3. The molecule has 348 valence electrons. The number of hydrogen-bond donors (Lipinski definition) is 13. The Hall–Kier alpha value is -4.97. The van der Waals surface area contributed by atoms with Gasteiger partial charge in [0.25, 0.3) is 0 Å². The minimum absolute atomic E-state index is 0.0693. The number of aliphatic hydroxyl groups is 2. The van der Waals surface area contributed by atoms with E-state index in [4.69, 9.17) is 22.3 Å². The van der Waals surface area contributed by atoms with E-state index in [1.807, 2.05) is 0 Å². The van der Waals surface area contributed by atoms with E-state index in [1.54, 1.807) is 13.8 Å². The number of nitrogens with zero attached hydrogens (tertiary/aromatic N) is 1. The number of aliphatic carboxylic acids is 1. The highest BCUT2D eigenvalue weighted by Gasteiger charge is 2.37. The van der Waals surface area contributed by atoms with Crippen LogP contribution in [0.2, 0.25) is 0 Å². The van der Waals surface area contributed by atoms with Gasteiger partial charge in [0.15, 0.2) is 0 Å². The number of carbonyl (C=O) groups is 9. The van der Waals surface area contributed by atoms with Gasteiger partial charge >= 0.3 is 5.97 Å². The predicted molar refractivity (Wildman–Crippen MR) is 220 cm³/mol. The van der Waals surface area contributed by atoms with E-state index in [-0.39, 0.29) is 25.9 Å². The minimum atomic E-state index is -1.61. The zero-order valence-electron chi connectivity index (χ0n) is 35.9. The maximum atomic E-state index is 13.8. The van der Waals surface area contributed by atoms with Crippen molar-refractivity contribution in [2.24, 2.45) is 23.1 Å². The first-order valence-corrected chi connectivity index (χ1v) is 20.8. The number of carboxylic acids is 1. The Labute approximate surface area is 356 Å². The lowest BCUT2D eigenvalue weighted by Gasteiger charge is -2.29. The molecule has 0 aromatic rings. The Morgan fingerprint density at radius 1 is 0.623 bits per heavy atom. The smallest absolute Gasteiger partial charge is 0.328 e. The first-order valence-electron chi connectivity index (χ1n) is 20.8. The number of hydrogen-bond acceptors (Lipinski definition) is 14. The zero-order chi connectivity index (χ0) is 46.4. The number of carbonyl (C=O) groups excluding carboxylic acids is 8. The van der Waals surface area contributed by atoms with Crippen LogP contribution in [0.1, 0.15) is 92.4 Å². The quantitative estimate of drug-likeness (QED) is 0.0328. The van der Waals surface area contributed by atoms with E-state index in [9.17, 15) is 53.4 Å². The summed E-state index contributed by atoms with van der Waals surface area (Å²) in [5, 5.41) is 45.8. The Balaban J connectivity index is 3.14. The van der Waals surface area contributed by atoms with Crippen LogP contribution in [0.4, 0.5) is 0 Å². The first-order chi connectivity index (χ1) is 28.8. The van der Waals surface area contributed by atoms with Crippen molar-refractivity contribution in [1.82, 2.24) is 42.1 Å². The van der Waals surface area contributed by atoms with Crippen LogP contribution < -0.4 is 54.4 Å². The zero-order valence-corrected chi connectivity index (χ0v) is 35.9. The number of nitrogens with two attached hydrogens (primary N) is 3. The molecule has 0 saturated carbocycles. The normalized spacial score (nSPS) is 18.1. The summed E-state index contributed by atoms with van der Waals surface area (Å²) < 4.78 is 0. The molecule has 1 fully saturated rings. The highest BCUT2D eigenvalue weighted by Crippen LogP contribution is 2.18. The third kappa shape index (κ3) is 17.9. The number of rotatable bonds is 28. The molecule has 0 spiro atoms. The lowest BCUT2D eigenvalue weighted by atomic mass is 9.97. The fourth-order valence-electron chi connectivity index (χ4n) is 6.31. The number of amides is 8. The van der Waals surface area contributed by atoms with Gasteiger partial charge in [-0.15, -0.1) is 0 Å². The predicted octanol–water partition coefficient (Wildman–Crippen LogP) is -4.87. The van der Waals surface area contributed by atoms with Crippen molar-refractivity contribution in [2.45, 2.75) is 147 Å². The molecule has 16 N–H and O–H groups in total. The number of unbranched alkanes of at least 4 members (excludes halogenated alkanes) is 2. The van der Waals surface area contributed by atoms with Gasteiger partial charge in [-0.05, 0) is 91.1 Å². The lowest BCUT2D eigenvalue weighted by molar-refractivity contribution is -0.143. The standard InChI is InChI=1S/C38H69N11O12/c1-6-20(2)29(36(58)45-24(12-7-9-15-39)32(54)42-22(4)31(53)47-27(19-51)38(60)61)48-34(56)26(18-50)46-33(55)25(13-8-10-16-40)44-30(52)23(5)43-35(57)28-14-11-17-49(28)37(59)21(3)41/h20-29,50-51H,6-19,39-41H2,1-5H3,(H,42,54)(H,43,57)(H,44,52)(H,45,58)(H,46,55)(H,47,53)(H,48,56)(H,60,61)/t20-,21-,22-,23-,24-,25-,26-,27-,28-,29-/m0/s1. The molecule has 23 heteroatoms. The average Bonchev–Trinajstić information content (AvgIpc) is 3.72. The summed E-state index contributed by atoms with van der Waals surface area (Å²) >= 11 is 0. The summed E-state index contributed by atoms with van der Waals surface area (Å²) in [6.45, 7) is 6.68. The van der Waals surface area contributed by atoms with Crippen molar-refractivity contribution in [3.63, 3.8) is 0 Å². The minimum Gasteiger partial charge on any atom is -0.480 e. The molecule has 61 heavy (non-hydrogen) atoms. The maximum Gasteiger partial charge on any atom is 0.328 e. The van der Waals surface area contributed by atoms with E-state index in [0.29, 0.717) is 51.5 Å². The SMILES string of the molecule is CC[C@H](C)[C@H](NC(=O)[C@H](CO)NC(=O)[C@H](CCCCN)NC(=O)[C@H](C)NC(=O)[C@@H]1CCCN1C(=O)[C@H](C)N)C(=O)N[C@@H](CCCCN)C(=O)N[C@@H](C)C(=O)N[C@@H](CO)C(=O)O. The highest BCUT2D eigenvalue weighted by molar-refractivity contribution is 5.98. The molecule has 1 heterocycles. The molecule has 0 radical (unpaired) electrons. The fraction of sp³-hybridized carbons (Fsp3) is 0.763. The van der Waals surface area contributed by atoms with Crippen LogP contribution >= 0.6 is 0 Å². The van der Waals surface area contributed by atoms with Crippen molar-refractivity contribution in [3.05, 3.63) is 0 Å². The Morgan fingerprint density at radius 2 is 1.08 bits per heavy atom. The molecular formula is C38H69N11O12. The van der Waals surface area contributed by atoms with E-state index >= 15 is 0 Å². The van der Waals surface area contributed by atoms with Gasteiger partial charge in [-0.3, -0.25) is 38.4 Å². The lowest BCUT2D eigenvalue weighted by Crippen LogP contribution is -2.61. The van der Waals surface area contributed by atoms with Gasteiger partial charge < -0.3 is 74.6 Å². The summed E-state index contributed by atoms with van der Waals surface area (Å²) in [4.78, 5) is 118. The van der Waals surface area contributed by atoms with Crippen molar-refractivity contribution < 1.29 is 58.5 Å². The molecule has 0 aromatic carbocycles. The number of carboxylic acid groups (broad SMARTS) is 1. The number of likely N-dealkylation sites (tertiary alicyclic amines) is 1. The van der Waals surface area contributed by atoms with Crippen LogP contribution in [0.3, 0.4) is 0 Å². The maximum absolute atomic E-state index is 13.8. The van der Waals surface area contributed by atoms with Crippen molar-refractivity contribution in [1.29, 1.82) is 0 Å². The topological polar surface area (TPSA) is 380 Å². The summed E-state index contributed by atoms with van der Waals surface area (Å²) in [6, 6.07) is -11.1. The van der Waals surface area contributed by atoms with Gasteiger partial charge in [-0.25, -0.2) is 4.79 Å². The van der Waals surface area contributed by atoms with E-state index in [1.165, 1.54) is 25.7 Å². The van der Waals surface area contributed by atoms with Gasteiger partial charge in [0.2, 0.25) is 47.3 Å². The molecule has 10 atom stereocenters. The molecule has 0 aliphatic carbocycles. The van der Waals surface area contributed by atoms with Crippen LogP contribution in [0, 0.1) is 5.92 Å². The molecule has 23 nitrogen and oxygen atoms in total. The second kappa shape index (κ2) is 27.8. The van der Waals surface area contributed by atoms with Crippen molar-refractivity contribution in [2.75, 3.05) is 32.8 Å². The third-order valence-corrected chi connectivity index (χ3v) is 10.3. The van der Waals surface area contributed by atoms with Crippen molar-refractivity contribution >= 4 is 53.2 Å². The van der Waals surface area contributed by atoms with Crippen LogP contribution in [0.25, 0.3) is 0 Å². The molecule has 1 saturated heterocycles. The first kappa shape index (κ1) is 54.0. The average molecular weight is 872 g/mol. The van der Waals surface area contributed by atoms with Gasteiger partial charge in [-0.1, -0.05) is 20.3 Å². The van der Waals surface area contributed by atoms with Gasteiger partial charge in [0.1, 0.15) is 48.3 Å². The van der Waals surface area contributed by atoms with Crippen LogP contribution in [-0.2, 0) is 43.2 Å². The monoisotopic (exact) mass is 872 g/mol. The van der Waals surface area contributed by atoms with E-state index in [2.05, 4.69) is 37.2 Å². The van der Waals surface area contributed by atoms with Crippen LogP contribution in [-0.4, -0.2) is 161 Å². The van der Waals surface area contributed by atoms with Gasteiger partial charge in [0.05, 0.1) is 19.3 Å². The summed E-state index contributed by atoms with van der Waals surface area (Å²) in [7, 11) is 0. The second-order valence-corrected chi connectivity index (χ2v) is 15.3. The molecule has 8 amide bonds. The molecule has 0 aromatic heterocycles. The largest absolute Gasteiger partial charge is 0.480 e. The number of aliphatic hydroxyl groups excluding tert-OH is 2. The van der Waals surface area contributed by atoms with Crippen LogP contribution in [0.5, 0.6) is 0 Å². The molecule has 0 bridgehead atoms. The fourth-order valence-corrected chi connectivity index (χ4v) is 6.31. The number of nitrogens with one attached hydrogen (secondary N) is 7. The van der Waals surface area contributed by atoms with Gasteiger partial charge in [-0.2, -0.15) is 0 Å². The Morgan fingerprint density at radius 3 is 1.56 bits per heavy atom. The molecule has 1 aliphatic heterocycles.